The zero-order valence-electron chi connectivity index (χ0n) is 25.3. The molecule has 0 unspecified atom stereocenters. The second-order valence-corrected chi connectivity index (χ2v) is 14.7. The molecule has 230 valence electrons. The van der Waals surface area contributed by atoms with Crippen LogP contribution in [0, 0.1) is 0 Å². The molecule has 6 bridgehead atoms. The Labute approximate surface area is 255 Å². The van der Waals surface area contributed by atoms with E-state index in [1.54, 1.807) is 13.1 Å². The minimum atomic E-state index is -3.98. The lowest BCUT2D eigenvalue weighted by Crippen LogP contribution is -2.51. The summed E-state index contributed by atoms with van der Waals surface area (Å²) in [5.41, 5.74) is 4.96. The van der Waals surface area contributed by atoms with Crippen molar-refractivity contribution in [1.82, 2.24) is 23.4 Å². The number of fused-ring (bicyclic) bond motifs is 9. The fourth-order valence-corrected chi connectivity index (χ4v) is 8.62. The average molecular weight is 606 g/mol. The molecule has 4 aliphatic heterocycles. The predicted octanol–water partition coefficient (Wildman–Crippen LogP) is 4.43. The largest absolute Gasteiger partial charge is 0.491 e. The molecule has 10 heteroatoms. The molecule has 3 aromatic rings. The fraction of sp³-hybridized carbons (Fsp3) is 0.545. The molecule has 2 fully saturated rings. The molecule has 1 atom stereocenters. The molecule has 1 aliphatic carbocycles. The number of benzene rings is 2. The Morgan fingerprint density at radius 3 is 2.44 bits per heavy atom. The van der Waals surface area contributed by atoms with Crippen LogP contribution in [0.4, 0.5) is 0 Å². The maximum Gasteiger partial charge on any atom is 0.303 e. The number of carbonyl (C=O) groups is 1. The van der Waals surface area contributed by atoms with Crippen LogP contribution in [0.3, 0.4) is 0 Å². The topological polar surface area (TPSA) is 87.1 Å². The molecule has 2 aromatic carbocycles. The van der Waals surface area contributed by atoms with E-state index in [-0.39, 0.29) is 6.04 Å². The first-order chi connectivity index (χ1) is 20.8. The van der Waals surface area contributed by atoms with Crippen molar-refractivity contribution in [1.29, 1.82) is 0 Å². The van der Waals surface area contributed by atoms with Gasteiger partial charge in [-0.2, -0.15) is 12.7 Å². The van der Waals surface area contributed by atoms with Crippen LogP contribution in [0.1, 0.15) is 66.8 Å². The molecular formula is C33H43N5O4S. The van der Waals surface area contributed by atoms with Crippen LogP contribution in [0.2, 0.25) is 0 Å². The van der Waals surface area contributed by atoms with Gasteiger partial charge in [0.05, 0.1) is 11.7 Å². The summed E-state index contributed by atoms with van der Waals surface area (Å²) in [6.07, 6.45) is 8.02. The molecule has 43 heavy (non-hydrogen) atoms. The molecule has 1 saturated carbocycles. The van der Waals surface area contributed by atoms with E-state index in [0.717, 1.165) is 67.5 Å². The maximum atomic E-state index is 13.5. The summed E-state index contributed by atoms with van der Waals surface area (Å²) in [5.74, 6) is 0.721. The van der Waals surface area contributed by atoms with Gasteiger partial charge in [0.15, 0.2) is 0 Å². The van der Waals surface area contributed by atoms with Crippen molar-refractivity contribution in [3.63, 3.8) is 0 Å². The number of para-hydroxylation sites is 1. The number of hydrogen-bond acceptors (Lipinski definition) is 6. The highest BCUT2D eigenvalue weighted by molar-refractivity contribution is 7.87. The quantitative estimate of drug-likeness (QED) is 0.442. The van der Waals surface area contributed by atoms with E-state index in [4.69, 9.17) is 4.74 Å². The first kappa shape index (κ1) is 28.8. The Hall–Kier alpha value is -2.92. The van der Waals surface area contributed by atoms with Gasteiger partial charge in [-0.25, -0.2) is 4.72 Å². The summed E-state index contributed by atoms with van der Waals surface area (Å²) in [4.78, 5) is 18.3. The van der Waals surface area contributed by atoms with Gasteiger partial charge < -0.3 is 14.2 Å². The summed E-state index contributed by atoms with van der Waals surface area (Å²) in [5, 5.41) is 1.16. The molecule has 5 heterocycles. The number of nitrogens with one attached hydrogen (secondary N) is 1. The van der Waals surface area contributed by atoms with E-state index in [9.17, 15) is 13.2 Å². The van der Waals surface area contributed by atoms with Crippen molar-refractivity contribution in [2.75, 3.05) is 46.9 Å². The van der Waals surface area contributed by atoms with Crippen molar-refractivity contribution in [2.24, 2.45) is 0 Å². The first-order valence-corrected chi connectivity index (χ1v) is 17.3. The maximum absolute atomic E-state index is 13.5. The Bertz CT molecular complexity index is 1620. The Kier molecular flexibility index (Phi) is 7.74. The first-order valence-electron chi connectivity index (χ1n) is 15.9. The van der Waals surface area contributed by atoms with Crippen molar-refractivity contribution in [2.45, 2.75) is 69.5 Å². The lowest BCUT2D eigenvalue weighted by atomic mass is 9.81. The smallest absolute Gasteiger partial charge is 0.303 e. The summed E-state index contributed by atoms with van der Waals surface area (Å²) in [6.45, 7) is 4.10. The van der Waals surface area contributed by atoms with E-state index in [0.29, 0.717) is 37.2 Å². The third-order valence-electron chi connectivity index (χ3n) is 10.4. The van der Waals surface area contributed by atoms with E-state index < -0.39 is 16.1 Å². The van der Waals surface area contributed by atoms with Crippen LogP contribution >= 0.6 is 0 Å². The molecule has 0 spiro atoms. The van der Waals surface area contributed by atoms with Gasteiger partial charge >= 0.3 is 10.2 Å². The predicted molar refractivity (Wildman–Crippen MR) is 169 cm³/mol. The van der Waals surface area contributed by atoms with Gasteiger partial charge in [-0.3, -0.25) is 9.69 Å². The second kappa shape index (κ2) is 11.5. The van der Waals surface area contributed by atoms with Crippen LogP contribution in [0.25, 0.3) is 22.2 Å². The van der Waals surface area contributed by atoms with E-state index in [1.165, 1.54) is 34.8 Å². The lowest BCUT2D eigenvalue weighted by molar-refractivity contribution is 0.0640. The molecule has 9 nitrogen and oxygen atoms in total. The van der Waals surface area contributed by atoms with Gasteiger partial charge in [-0.1, -0.05) is 37.5 Å². The Morgan fingerprint density at radius 2 is 1.65 bits per heavy atom. The number of rotatable bonds is 1. The SMILES string of the molecule is CN1C2CCN(CC2)CCN(C)S(=O)(=O)NC(=O)c2ccc3c(C4CCCCC4)c4n(c3c2)C[C@@H]1COc1ccccc1-4. The summed E-state index contributed by atoms with van der Waals surface area (Å²) >= 11 is 0. The highest BCUT2D eigenvalue weighted by Gasteiger charge is 2.34. The van der Waals surface area contributed by atoms with E-state index in [2.05, 4.69) is 44.3 Å². The van der Waals surface area contributed by atoms with Crippen LogP contribution in [0.5, 0.6) is 5.75 Å². The molecule has 0 radical (unpaired) electrons. The Balaban J connectivity index is 1.44. The molecule has 8 rings (SSSR count). The average Bonchev–Trinajstić information content (AvgIpc) is 3.33. The zero-order valence-corrected chi connectivity index (χ0v) is 26.1. The summed E-state index contributed by atoms with van der Waals surface area (Å²) < 4.78 is 39.0. The van der Waals surface area contributed by atoms with Gasteiger partial charge in [0.25, 0.3) is 5.91 Å². The van der Waals surface area contributed by atoms with Crippen molar-refractivity contribution < 1.29 is 17.9 Å². The van der Waals surface area contributed by atoms with Crippen LogP contribution in [-0.4, -0.2) is 92.0 Å². The molecule has 5 aliphatic rings. The number of piperidine rings is 1. The molecule has 1 N–H and O–H groups in total. The van der Waals surface area contributed by atoms with Gasteiger partial charge in [0, 0.05) is 54.8 Å². The lowest BCUT2D eigenvalue weighted by Gasteiger charge is -2.41. The number of likely N-dealkylation sites (N-methyl/N-ethyl adjacent to an activating group) is 2. The minimum absolute atomic E-state index is 0.137. The zero-order chi connectivity index (χ0) is 29.7. The number of amides is 1. The van der Waals surface area contributed by atoms with Gasteiger partial charge in [0.2, 0.25) is 0 Å². The monoisotopic (exact) mass is 605 g/mol. The Morgan fingerprint density at radius 1 is 0.884 bits per heavy atom. The van der Waals surface area contributed by atoms with Crippen LogP contribution in [0.15, 0.2) is 42.5 Å². The minimum Gasteiger partial charge on any atom is -0.491 e. The van der Waals surface area contributed by atoms with Crippen LogP contribution in [-0.2, 0) is 16.8 Å². The normalized spacial score (nSPS) is 27.3. The third-order valence-corrected chi connectivity index (χ3v) is 11.9. The van der Waals surface area contributed by atoms with Gasteiger partial charge in [0.1, 0.15) is 12.4 Å². The number of nitrogens with zero attached hydrogens (tertiary/aromatic N) is 4. The van der Waals surface area contributed by atoms with E-state index >= 15 is 0 Å². The highest BCUT2D eigenvalue weighted by atomic mass is 32.2. The molecule has 1 aromatic heterocycles. The molecule has 1 amide bonds. The van der Waals surface area contributed by atoms with Gasteiger partial charge in [-0.15, -0.1) is 0 Å². The number of aromatic nitrogens is 1. The summed E-state index contributed by atoms with van der Waals surface area (Å²) in [7, 11) is -0.198. The van der Waals surface area contributed by atoms with Crippen molar-refractivity contribution >= 4 is 27.0 Å². The van der Waals surface area contributed by atoms with Crippen molar-refractivity contribution in [3.8, 4) is 17.0 Å². The number of carbonyl (C=O) groups excluding carboxylic acids is 1. The molecular weight excluding hydrogens is 562 g/mol. The standard InChI is InChI=1S/C33H43N5O4S/c1-35-18-19-37-16-14-25(15-17-37)36(2)26-21-38-29-20-24(33(39)34-43(35,40)41)12-13-27(29)31(23-8-4-3-5-9-23)32(38)28-10-6-7-11-30(28)42-22-26/h6-7,10-13,20,23,25-26H,3-5,8-9,14-19,21-22H2,1-2H3,(H,34,39)/t26-/m1/s1. The summed E-state index contributed by atoms with van der Waals surface area (Å²) in [6, 6.07) is 14.7. The fourth-order valence-electron chi connectivity index (χ4n) is 7.79. The van der Waals surface area contributed by atoms with Crippen molar-refractivity contribution in [3.05, 3.63) is 53.6 Å². The number of ether oxygens (including phenoxy) is 1. The highest BCUT2D eigenvalue weighted by Crippen LogP contribution is 2.47. The second-order valence-electron chi connectivity index (χ2n) is 12.9. The third kappa shape index (κ3) is 5.36. The van der Waals surface area contributed by atoms with E-state index in [1.807, 2.05) is 18.2 Å². The van der Waals surface area contributed by atoms with Gasteiger partial charge in [-0.05, 0) is 81.6 Å². The van der Waals surface area contributed by atoms with Crippen LogP contribution < -0.4 is 9.46 Å². The number of hydrogen-bond donors (Lipinski definition) is 1. The molecule has 1 saturated heterocycles.